The minimum atomic E-state index is -0.247. The minimum absolute atomic E-state index is 0. The average Bonchev–Trinajstić information content (AvgIpc) is 1.82. The normalized spacial score (nSPS) is 6.83. The van der Waals surface area contributed by atoms with Crippen molar-refractivity contribution in [2.75, 3.05) is 6.54 Å². The Morgan fingerprint density at radius 3 is 2.33 bits per heavy atom. The van der Waals surface area contributed by atoms with E-state index in [1.54, 1.807) is 6.29 Å². The van der Waals surface area contributed by atoms with E-state index in [-0.39, 0.29) is 40.9 Å². The van der Waals surface area contributed by atoms with Crippen LogP contribution in [0.15, 0.2) is 11.6 Å². The predicted molar refractivity (Wildman–Crippen MR) is 44.5 cm³/mol. The van der Waals surface area contributed by atoms with Crippen LogP contribution in [0.1, 0.15) is 13.8 Å². The molecule has 0 saturated heterocycles. The van der Waals surface area contributed by atoms with Gasteiger partial charge in [0.2, 0.25) is 5.91 Å². The van der Waals surface area contributed by atoms with Crippen molar-refractivity contribution in [1.82, 2.24) is 5.32 Å². The summed E-state index contributed by atoms with van der Waals surface area (Å²) in [6.07, 6.45) is 2.99. The van der Waals surface area contributed by atoms with Crippen molar-refractivity contribution < 1.29 is 30.7 Å². The molecule has 0 aromatic carbocycles. The molecule has 0 saturated carbocycles. The van der Waals surface area contributed by atoms with E-state index < -0.39 is 0 Å². The maximum atomic E-state index is 10.6. The molecule has 0 aromatic rings. The van der Waals surface area contributed by atoms with Gasteiger partial charge in [0, 0.05) is 6.08 Å². The number of hydrogen-bond acceptors (Lipinski definition) is 2. The molecule has 1 N–H and O–H groups in total. The first-order chi connectivity index (χ1) is 4.66. The van der Waals surface area contributed by atoms with E-state index in [2.05, 4.69) is 5.32 Å². The molecule has 0 aliphatic rings. The Balaban J connectivity index is -0.000000405. The number of amides is 1. The molecule has 0 heterocycles. The van der Waals surface area contributed by atoms with Crippen LogP contribution in [-0.2, 0) is 30.7 Å². The molecule has 0 rings (SSSR count). The van der Waals surface area contributed by atoms with E-state index in [0.29, 0.717) is 0 Å². The van der Waals surface area contributed by atoms with Crippen molar-refractivity contribution in [2.24, 2.45) is 0 Å². The number of hydrogen-bond donors (Lipinski definition) is 1. The van der Waals surface area contributed by atoms with E-state index in [9.17, 15) is 9.59 Å². The molecule has 0 bridgehead atoms. The molecule has 0 fully saturated rings. The zero-order valence-electron chi connectivity index (χ0n) is 7.51. The molecule has 0 aromatic heterocycles. The monoisotopic (exact) mass is 339 g/mol. The summed E-state index contributed by atoms with van der Waals surface area (Å²) in [5.74, 6) is -0.247. The van der Waals surface area contributed by atoms with Gasteiger partial charge in [0.15, 0.2) is 0 Å². The number of carbonyl (C=O) groups is 1. The van der Waals surface area contributed by atoms with Gasteiger partial charge in [-0.25, -0.2) is 6.29 Å². The van der Waals surface area contributed by atoms with Gasteiger partial charge >= 0.3 is 21.1 Å². The van der Waals surface area contributed by atoms with E-state index in [1.165, 1.54) is 6.08 Å². The van der Waals surface area contributed by atoms with Crippen molar-refractivity contribution in [3.05, 3.63) is 19.1 Å². The molecule has 0 atom stereocenters. The van der Waals surface area contributed by atoms with Gasteiger partial charge in [-0.3, -0.25) is 4.79 Å². The maximum Gasteiger partial charge on any atom is 2.00 e. The van der Waals surface area contributed by atoms with Gasteiger partial charge < -0.3 is 17.5 Å². The standard InChI is InChI=1S/C7H10NO2.CH3.W/c1-6(2)5-7(10)8-3-4-9;;/h5H,3H2,1-2H3,(H,8,10);1H3;/q2*-1;+2. The second-order valence-electron chi connectivity index (χ2n) is 2.08. The number of nitrogens with one attached hydrogen (secondary N) is 1. The van der Waals surface area contributed by atoms with Crippen molar-refractivity contribution in [3.63, 3.8) is 0 Å². The Labute approximate surface area is 87.9 Å². The first kappa shape index (κ1) is 17.6. The van der Waals surface area contributed by atoms with E-state index in [4.69, 9.17) is 0 Å². The van der Waals surface area contributed by atoms with Gasteiger partial charge in [-0.15, -0.1) is 0 Å². The predicted octanol–water partition coefficient (Wildman–Crippen LogP) is 0.626. The number of rotatable bonds is 3. The Morgan fingerprint density at radius 2 is 2.00 bits per heavy atom. The van der Waals surface area contributed by atoms with Crippen LogP contribution in [0.4, 0.5) is 0 Å². The van der Waals surface area contributed by atoms with Crippen LogP contribution in [0.2, 0.25) is 0 Å². The summed E-state index contributed by atoms with van der Waals surface area (Å²) in [5.41, 5.74) is 0.906. The van der Waals surface area contributed by atoms with Crippen LogP contribution >= 0.6 is 0 Å². The fourth-order valence-electron chi connectivity index (χ4n) is 0.436. The van der Waals surface area contributed by atoms with Gasteiger partial charge in [0.1, 0.15) is 0 Å². The Kier molecular flexibility index (Phi) is 15.5. The molecular formula is C8H13NO2W. The van der Waals surface area contributed by atoms with Crippen LogP contribution in [0.5, 0.6) is 0 Å². The third-order valence-corrected chi connectivity index (χ3v) is 0.755. The molecular weight excluding hydrogens is 326 g/mol. The number of carbonyl (C=O) groups excluding carboxylic acids is 2. The van der Waals surface area contributed by atoms with Gasteiger partial charge in [-0.1, -0.05) is 12.1 Å². The van der Waals surface area contributed by atoms with E-state index >= 15 is 0 Å². The molecule has 12 heavy (non-hydrogen) atoms. The second-order valence-corrected chi connectivity index (χ2v) is 2.08. The molecule has 0 aliphatic carbocycles. The summed E-state index contributed by atoms with van der Waals surface area (Å²) >= 11 is 0. The maximum absolute atomic E-state index is 10.6. The van der Waals surface area contributed by atoms with E-state index in [0.717, 1.165) is 5.57 Å². The summed E-state index contributed by atoms with van der Waals surface area (Å²) in [7, 11) is 0. The van der Waals surface area contributed by atoms with Crippen molar-refractivity contribution in [1.29, 1.82) is 0 Å². The van der Waals surface area contributed by atoms with Crippen LogP contribution in [0.3, 0.4) is 0 Å². The molecule has 1 amide bonds. The molecule has 68 valence electrons. The van der Waals surface area contributed by atoms with Gasteiger partial charge in [-0.2, -0.15) is 0 Å². The van der Waals surface area contributed by atoms with Crippen molar-refractivity contribution in [2.45, 2.75) is 13.8 Å². The Hall–Kier alpha value is -0.432. The van der Waals surface area contributed by atoms with Crippen LogP contribution in [0, 0.1) is 7.43 Å². The largest absolute Gasteiger partial charge is 2.00 e. The summed E-state index contributed by atoms with van der Waals surface area (Å²) < 4.78 is 0. The fourth-order valence-corrected chi connectivity index (χ4v) is 0.436. The van der Waals surface area contributed by atoms with Gasteiger partial charge in [-0.05, 0) is 13.8 Å². The second kappa shape index (κ2) is 10.6. The molecule has 4 heteroatoms. The molecule has 0 unspecified atom stereocenters. The zero-order valence-corrected chi connectivity index (χ0v) is 10.4. The minimum Gasteiger partial charge on any atom is -0.540 e. The SMILES string of the molecule is CC(C)=CC(=O)NC[C-]=O.[CH3-].[W+2]. The molecule has 0 radical (unpaired) electrons. The Morgan fingerprint density at radius 1 is 1.50 bits per heavy atom. The summed E-state index contributed by atoms with van der Waals surface area (Å²) in [6.45, 7) is 3.58. The van der Waals surface area contributed by atoms with Crippen LogP contribution < -0.4 is 5.32 Å². The van der Waals surface area contributed by atoms with Crippen molar-refractivity contribution in [3.8, 4) is 0 Å². The zero-order chi connectivity index (χ0) is 7.98. The molecule has 0 spiro atoms. The van der Waals surface area contributed by atoms with E-state index in [1.807, 2.05) is 13.8 Å². The van der Waals surface area contributed by atoms with Gasteiger partial charge in [0.05, 0.1) is 0 Å². The fraction of sp³-hybridized carbons (Fsp3) is 0.375. The quantitative estimate of drug-likeness (QED) is 0.606. The average molecular weight is 339 g/mol. The summed E-state index contributed by atoms with van der Waals surface area (Å²) in [5, 5.41) is 2.32. The molecule has 3 nitrogen and oxygen atoms in total. The number of allylic oxidation sites excluding steroid dienone is 1. The summed E-state index contributed by atoms with van der Waals surface area (Å²) in [4.78, 5) is 20.3. The van der Waals surface area contributed by atoms with Gasteiger partial charge in [0.25, 0.3) is 0 Å². The van der Waals surface area contributed by atoms with Crippen LogP contribution in [0.25, 0.3) is 0 Å². The third kappa shape index (κ3) is 12.3. The summed E-state index contributed by atoms with van der Waals surface area (Å²) in [6, 6.07) is 0. The topological polar surface area (TPSA) is 46.2 Å². The van der Waals surface area contributed by atoms with Crippen LogP contribution in [-0.4, -0.2) is 18.7 Å². The Bertz CT molecular complexity index is 162. The third-order valence-electron chi connectivity index (χ3n) is 0.755. The van der Waals surface area contributed by atoms with Crippen molar-refractivity contribution >= 4 is 12.2 Å². The first-order valence-electron chi connectivity index (χ1n) is 2.94. The first-order valence-corrected chi connectivity index (χ1v) is 2.94. The molecule has 0 aliphatic heterocycles. The smallest absolute Gasteiger partial charge is 0.540 e.